The van der Waals surface area contributed by atoms with Crippen molar-refractivity contribution in [3.05, 3.63) is 21.9 Å². The lowest BCUT2D eigenvalue weighted by Crippen LogP contribution is -2.29. The highest BCUT2D eigenvalue weighted by Gasteiger charge is 2.23. The normalized spacial score (nSPS) is 19.3. The lowest BCUT2D eigenvalue weighted by molar-refractivity contribution is 0.0219. The molecule has 0 atom stereocenters. The number of aromatic nitrogens is 2. The molecule has 8 heteroatoms. The molecule has 2 aromatic rings. The Balaban J connectivity index is 1.79. The van der Waals surface area contributed by atoms with E-state index in [1.807, 2.05) is 13.0 Å². The number of benzene rings is 1. The predicted molar refractivity (Wildman–Crippen MR) is 104 cm³/mol. The smallest absolute Gasteiger partial charge is 0.319 e. The summed E-state index contributed by atoms with van der Waals surface area (Å²) in [5, 5.41) is 0.703. The van der Waals surface area contributed by atoms with Crippen molar-refractivity contribution in [2.24, 2.45) is 0 Å². The van der Waals surface area contributed by atoms with Crippen LogP contribution in [0, 0.1) is 12.7 Å². The lowest BCUT2D eigenvalue weighted by atomic mass is 10.1. The standard InChI is InChI=1S/C19H23BrFN3O3/c1-12-11-14-17(16(21)15(12)20)22-19(27-13-3-8-26-9-4-13)23-18(14)24-5-2-7-25-10-6-24/h11,13H,2-10H2,1H3. The SMILES string of the molecule is Cc1cc2c(N3CCCOCC3)nc(OC3CCOCC3)nc2c(F)c1Br. The third kappa shape index (κ3) is 4.02. The molecule has 2 saturated heterocycles. The van der Waals surface area contributed by atoms with E-state index in [1.54, 1.807) is 0 Å². The van der Waals surface area contributed by atoms with E-state index in [4.69, 9.17) is 14.2 Å². The first-order valence-corrected chi connectivity index (χ1v) is 10.2. The average Bonchev–Trinajstić information content (AvgIpc) is 2.97. The monoisotopic (exact) mass is 439 g/mol. The fourth-order valence-corrected chi connectivity index (χ4v) is 3.79. The number of aryl methyl sites for hydroxylation is 1. The number of rotatable bonds is 3. The summed E-state index contributed by atoms with van der Waals surface area (Å²) >= 11 is 3.33. The van der Waals surface area contributed by atoms with Crippen LogP contribution < -0.4 is 9.64 Å². The second-order valence-electron chi connectivity index (χ2n) is 6.93. The lowest BCUT2D eigenvalue weighted by Gasteiger charge is -2.25. The maximum absolute atomic E-state index is 15.0. The topological polar surface area (TPSA) is 56.7 Å². The molecule has 1 aromatic heterocycles. The van der Waals surface area contributed by atoms with Crippen LogP contribution in [-0.4, -0.2) is 55.6 Å². The van der Waals surface area contributed by atoms with E-state index in [-0.39, 0.29) is 23.4 Å². The van der Waals surface area contributed by atoms with Gasteiger partial charge in [-0.05, 0) is 40.9 Å². The fourth-order valence-electron chi connectivity index (χ4n) is 3.49. The van der Waals surface area contributed by atoms with Gasteiger partial charge in [0.1, 0.15) is 17.4 Å². The van der Waals surface area contributed by atoms with Crippen molar-refractivity contribution in [3.63, 3.8) is 0 Å². The second kappa shape index (κ2) is 8.24. The highest BCUT2D eigenvalue weighted by molar-refractivity contribution is 9.10. The van der Waals surface area contributed by atoms with Crippen molar-refractivity contribution in [1.29, 1.82) is 0 Å². The summed E-state index contributed by atoms with van der Waals surface area (Å²) in [5.41, 5.74) is 1.10. The summed E-state index contributed by atoms with van der Waals surface area (Å²) in [6.07, 6.45) is 2.47. The number of anilines is 1. The molecule has 1 aromatic carbocycles. The molecule has 0 spiro atoms. The molecule has 0 aliphatic carbocycles. The molecule has 0 unspecified atom stereocenters. The zero-order valence-electron chi connectivity index (χ0n) is 15.3. The van der Waals surface area contributed by atoms with Crippen molar-refractivity contribution >= 4 is 32.7 Å². The molecule has 2 aliphatic heterocycles. The van der Waals surface area contributed by atoms with Gasteiger partial charge in [0, 0.05) is 37.9 Å². The number of ether oxygens (including phenoxy) is 3. The first kappa shape index (κ1) is 18.8. The first-order chi connectivity index (χ1) is 13.1. The molecule has 0 radical (unpaired) electrons. The van der Waals surface area contributed by atoms with E-state index in [1.165, 1.54) is 0 Å². The van der Waals surface area contributed by atoms with E-state index in [0.29, 0.717) is 42.0 Å². The summed E-state index contributed by atoms with van der Waals surface area (Å²) in [5.74, 6) is 0.332. The maximum atomic E-state index is 15.0. The average molecular weight is 440 g/mol. The fraction of sp³-hybridized carbons (Fsp3) is 0.579. The Morgan fingerprint density at radius 3 is 2.74 bits per heavy atom. The molecule has 6 nitrogen and oxygen atoms in total. The summed E-state index contributed by atoms with van der Waals surface area (Å²) in [7, 11) is 0. The molecule has 0 bridgehead atoms. The van der Waals surface area contributed by atoms with Crippen LogP contribution in [0.4, 0.5) is 10.2 Å². The van der Waals surface area contributed by atoms with Crippen molar-refractivity contribution in [1.82, 2.24) is 9.97 Å². The molecule has 2 fully saturated rings. The van der Waals surface area contributed by atoms with Crippen molar-refractivity contribution in [2.75, 3.05) is 44.4 Å². The van der Waals surface area contributed by atoms with Gasteiger partial charge in [-0.25, -0.2) is 4.39 Å². The summed E-state index contributed by atoms with van der Waals surface area (Å²) in [4.78, 5) is 11.2. The van der Waals surface area contributed by atoms with Crippen LogP contribution >= 0.6 is 15.9 Å². The number of hydrogen-bond donors (Lipinski definition) is 0. The van der Waals surface area contributed by atoms with Gasteiger partial charge in [0.25, 0.3) is 0 Å². The van der Waals surface area contributed by atoms with Gasteiger partial charge in [-0.3, -0.25) is 0 Å². The van der Waals surface area contributed by atoms with E-state index in [9.17, 15) is 4.39 Å². The third-order valence-corrected chi connectivity index (χ3v) is 5.95. The molecule has 0 saturated carbocycles. The highest BCUT2D eigenvalue weighted by Crippen LogP contribution is 2.34. The molecule has 0 amide bonds. The van der Waals surface area contributed by atoms with Crippen LogP contribution in [0.2, 0.25) is 0 Å². The highest BCUT2D eigenvalue weighted by atomic mass is 79.9. The van der Waals surface area contributed by atoms with E-state index in [0.717, 1.165) is 38.0 Å². The van der Waals surface area contributed by atoms with Crippen LogP contribution in [0.15, 0.2) is 10.5 Å². The van der Waals surface area contributed by atoms with Crippen molar-refractivity contribution < 1.29 is 18.6 Å². The Morgan fingerprint density at radius 1 is 1.15 bits per heavy atom. The second-order valence-corrected chi connectivity index (χ2v) is 7.72. The number of fused-ring (bicyclic) bond motifs is 1. The minimum absolute atomic E-state index is 0.00605. The molecule has 27 heavy (non-hydrogen) atoms. The van der Waals surface area contributed by atoms with Gasteiger partial charge in [-0.1, -0.05) is 0 Å². The predicted octanol–water partition coefficient (Wildman–Crippen LogP) is 3.62. The quantitative estimate of drug-likeness (QED) is 0.727. The third-order valence-electron chi connectivity index (χ3n) is 4.97. The van der Waals surface area contributed by atoms with Gasteiger partial charge < -0.3 is 19.1 Å². The van der Waals surface area contributed by atoms with Crippen LogP contribution in [0.3, 0.4) is 0 Å². The molecule has 2 aliphatic rings. The van der Waals surface area contributed by atoms with E-state index < -0.39 is 0 Å². The molecular weight excluding hydrogens is 417 g/mol. The Bertz CT molecular complexity index is 822. The zero-order valence-corrected chi connectivity index (χ0v) is 16.9. The Morgan fingerprint density at radius 2 is 1.93 bits per heavy atom. The van der Waals surface area contributed by atoms with Crippen LogP contribution in [-0.2, 0) is 9.47 Å². The first-order valence-electron chi connectivity index (χ1n) is 9.37. The maximum Gasteiger partial charge on any atom is 0.319 e. The van der Waals surface area contributed by atoms with Crippen LogP contribution in [0.25, 0.3) is 10.9 Å². The molecule has 146 valence electrons. The summed E-state index contributed by atoms with van der Waals surface area (Å²) in [6, 6.07) is 2.16. The Hall–Kier alpha value is -1.51. The van der Waals surface area contributed by atoms with Crippen molar-refractivity contribution in [3.8, 4) is 6.01 Å². The van der Waals surface area contributed by atoms with Gasteiger partial charge in [0.05, 0.1) is 24.3 Å². The minimum atomic E-state index is -0.378. The molecular formula is C19H23BrFN3O3. The van der Waals surface area contributed by atoms with Gasteiger partial charge >= 0.3 is 6.01 Å². The number of halogens is 2. The van der Waals surface area contributed by atoms with Gasteiger partial charge in [-0.2, -0.15) is 9.97 Å². The van der Waals surface area contributed by atoms with E-state index >= 15 is 0 Å². The summed E-state index contributed by atoms with van der Waals surface area (Å²) < 4.78 is 32.4. The number of hydrogen-bond acceptors (Lipinski definition) is 6. The van der Waals surface area contributed by atoms with Crippen LogP contribution in [0.5, 0.6) is 6.01 Å². The Labute approximate surface area is 166 Å². The Kier molecular flexibility index (Phi) is 5.75. The number of nitrogens with zero attached hydrogens (tertiary/aromatic N) is 3. The van der Waals surface area contributed by atoms with Gasteiger partial charge in [0.2, 0.25) is 0 Å². The van der Waals surface area contributed by atoms with Crippen LogP contribution in [0.1, 0.15) is 24.8 Å². The van der Waals surface area contributed by atoms with Crippen molar-refractivity contribution in [2.45, 2.75) is 32.3 Å². The van der Waals surface area contributed by atoms with Gasteiger partial charge in [0.15, 0.2) is 5.82 Å². The largest absolute Gasteiger partial charge is 0.460 e. The van der Waals surface area contributed by atoms with Gasteiger partial charge in [-0.15, -0.1) is 0 Å². The molecule has 4 rings (SSSR count). The minimum Gasteiger partial charge on any atom is -0.460 e. The van der Waals surface area contributed by atoms with E-state index in [2.05, 4.69) is 30.8 Å². The molecule has 3 heterocycles. The molecule has 0 N–H and O–H groups in total. The summed E-state index contributed by atoms with van der Waals surface area (Å²) in [6.45, 7) is 6.05. The zero-order chi connectivity index (χ0) is 18.8.